The fourth-order valence-electron chi connectivity index (χ4n) is 3.05. The summed E-state index contributed by atoms with van der Waals surface area (Å²) < 4.78 is 0. The van der Waals surface area contributed by atoms with Crippen LogP contribution < -0.4 is 0 Å². The molecule has 0 aliphatic heterocycles. The van der Waals surface area contributed by atoms with Crippen molar-refractivity contribution in [2.45, 2.75) is 18.2 Å². The van der Waals surface area contributed by atoms with E-state index in [1.54, 1.807) is 0 Å². The van der Waals surface area contributed by atoms with Gasteiger partial charge in [-0.1, -0.05) is 12.2 Å². The van der Waals surface area contributed by atoms with E-state index in [2.05, 4.69) is 12.2 Å². The van der Waals surface area contributed by atoms with E-state index in [1.165, 1.54) is 0 Å². The van der Waals surface area contributed by atoms with Gasteiger partial charge in [-0.15, -0.1) is 11.6 Å². The van der Waals surface area contributed by atoms with Gasteiger partial charge in [-0.25, -0.2) is 0 Å². The Bertz CT molecular complexity index is 271. The van der Waals surface area contributed by atoms with Gasteiger partial charge in [-0.05, 0) is 24.7 Å². The number of fused-ring (bicyclic) bond motifs is 3. The number of hydrogen-bond acceptors (Lipinski definition) is 1. The summed E-state index contributed by atoms with van der Waals surface area (Å²) in [4.78, 5) is 11.7. The zero-order valence-corrected chi connectivity index (χ0v) is 7.50. The van der Waals surface area contributed by atoms with Crippen LogP contribution in [0.5, 0.6) is 0 Å². The van der Waals surface area contributed by atoms with Crippen molar-refractivity contribution in [2.24, 2.45) is 23.7 Å². The van der Waals surface area contributed by atoms with Crippen LogP contribution in [0.4, 0.5) is 0 Å². The van der Waals surface area contributed by atoms with Gasteiger partial charge in [0, 0.05) is 17.2 Å². The van der Waals surface area contributed by atoms with Crippen LogP contribution in [0.2, 0.25) is 0 Å². The minimum atomic E-state index is 0.263. The number of rotatable bonds is 0. The molecular formula is C10H11ClO. The summed E-state index contributed by atoms with van der Waals surface area (Å²) in [6, 6.07) is 0. The molecule has 0 aromatic carbocycles. The maximum absolute atomic E-state index is 11.7. The molecule has 0 saturated heterocycles. The molecule has 0 amide bonds. The molecule has 0 radical (unpaired) electrons. The molecule has 0 spiro atoms. The largest absolute Gasteiger partial charge is 0.299 e. The monoisotopic (exact) mass is 182 g/mol. The van der Waals surface area contributed by atoms with E-state index >= 15 is 0 Å². The van der Waals surface area contributed by atoms with Crippen LogP contribution in [0, 0.1) is 23.7 Å². The minimum Gasteiger partial charge on any atom is -0.299 e. The van der Waals surface area contributed by atoms with Crippen molar-refractivity contribution in [3.05, 3.63) is 12.2 Å². The van der Waals surface area contributed by atoms with Gasteiger partial charge >= 0.3 is 0 Å². The lowest BCUT2D eigenvalue weighted by atomic mass is 9.79. The van der Waals surface area contributed by atoms with Crippen LogP contribution in [0.1, 0.15) is 12.8 Å². The molecule has 5 atom stereocenters. The minimum absolute atomic E-state index is 0.263. The average Bonchev–Trinajstić information content (AvgIpc) is 2.34. The molecule has 12 heavy (non-hydrogen) atoms. The first-order valence-electron chi connectivity index (χ1n) is 4.63. The second kappa shape index (κ2) is 2.14. The Kier molecular flexibility index (Phi) is 1.27. The molecule has 0 aromatic heterocycles. The van der Waals surface area contributed by atoms with Gasteiger partial charge in [-0.3, -0.25) is 4.79 Å². The molecule has 5 unspecified atom stereocenters. The summed E-state index contributed by atoms with van der Waals surface area (Å²) in [7, 11) is 0. The molecule has 3 rings (SSSR count). The Morgan fingerprint density at radius 1 is 1.33 bits per heavy atom. The first-order chi connectivity index (χ1) is 5.77. The first kappa shape index (κ1) is 7.14. The molecule has 3 aliphatic rings. The Labute approximate surface area is 76.8 Å². The van der Waals surface area contributed by atoms with Gasteiger partial charge in [0.1, 0.15) is 5.78 Å². The molecule has 64 valence electrons. The summed E-state index contributed by atoms with van der Waals surface area (Å²) >= 11 is 6.04. The van der Waals surface area contributed by atoms with Gasteiger partial charge in [-0.2, -0.15) is 0 Å². The Hall–Kier alpha value is -0.300. The van der Waals surface area contributed by atoms with E-state index in [-0.39, 0.29) is 11.3 Å². The molecule has 2 heteroatoms. The van der Waals surface area contributed by atoms with E-state index in [1.807, 2.05) is 0 Å². The van der Waals surface area contributed by atoms with Gasteiger partial charge in [0.25, 0.3) is 0 Å². The molecule has 2 saturated carbocycles. The lowest BCUT2D eigenvalue weighted by Gasteiger charge is -2.24. The summed E-state index contributed by atoms with van der Waals surface area (Å²) in [6.07, 6.45) is 6.25. The van der Waals surface area contributed by atoms with Crippen molar-refractivity contribution in [3.8, 4) is 0 Å². The maximum atomic E-state index is 11.7. The van der Waals surface area contributed by atoms with E-state index in [4.69, 9.17) is 11.6 Å². The van der Waals surface area contributed by atoms with E-state index in [0.717, 1.165) is 12.8 Å². The van der Waals surface area contributed by atoms with E-state index < -0.39 is 0 Å². The Balaban J connectivity index is 1.94. The highest BCUT2D eigenvalue weighted by atomic mass is 35.5. The number of carbonyl (C=O) groups is 1. The standard InChI is InChI=1S/C10H11ClO/c11-5-3-8-6-1-2-7(6)10(12)9(8)4-5/h1-2,5-9H,3-4H2. The Morgan fingerprint density at radius 2 is 2.17 bits per heavy atom. The molecule has 1 nitrogen and oxygen atoms in total. The van der Waals surface area contributed by atoms with Crippen molar-refractivity contribution >= 4 is 17.4 Å². The van der Waals surface area contributed by atoms with E-state index in [9.17, 15) is 4.79 Å². The predicted molar refractivity (Wildman–Crippen MR) is 47.0 cm³/mol. The molecule has 3 aliphatic carbocycles. The number of allylic oxidation sites excluding steroid dienone is 2. The summed E-state index contributed by atoms with van der Waals surface area (Å²) in [6.45, 7) is 0. The smallest absolute Gasteiger partial charge is 0.143 e. The fraction of sp³-hybridized carbons (Fsp3) is 0.700. The number of halogens is 1. The lowest BCUT2D eigenvalue weighted by Crippen LogP contribution is -2.22. The number of hydrogen-bond donors (Lipinski definition) is 0. The predicted octanol–water partition coefficient (Wildman–Crippen LogP) is 2.00. The Morgan fingerprint density at radius 3 is 2.83 bits per heavy atom. The van der Waals surface area contributed by atoms with Crippen molar-refractivity contribution in [1.29, 1.82) is 0 Å². The second-order valence-corrected chi connectivity index (χ2v) is 4.85. The lowest BCUT2D eigenvalue weighted by molar-refractivity contribution is -0.123. The summed E-state index contributed by atoms with van der Waals surface area (Å²) in [5.41, 5.74) is 0. The number of alkyl halides is 1. The van der Waals surface area contributed by atoms with Crippen LogP contribution in [-0.2, 0) is 4.79 Å². The van der Waals surface area contributed by atoms with Crippen molar-refractivity contribution in [2.75, 3.05) is 0 Å². The third kappa shape index (κ3) is 0.687. The van der Waals surface area contributed by atoms with Gasteiger partial charge < -0.3 is 0 Å². The molecule has 0 N–H and O–H groups in total. The number of ketones is 1. The van der Waals surface area contributed by atoms with Crippen molar-refractivity contribution < 1.29 is 4.79 Å². The quantitative estimate of drug-likeness (QED) is 0.414. The first-order valence-corrected chi connectivity index (χ1v) is 5.07. The average molecular weight is 183 g/mol. The third-order valence-corrected chi connectivity index (χ3v) is 4.05. The summed E-state index contributed by atoms with van der Waals surface area (Å²) in [5, 5.41) is 0.263. The highest BCUT2D eigenvalue weighted by molar-refractivity contribution is 6.21. The normalized spacial score (nSPS) is 55.1. The van der Waals surface area contributed by atoms with Crippen LogP contribution in [0.15, 0.2) is 12.2 Å². The zero-order valence-electron chi connectivity index (χ0n) is 6.74. The third-order valence-electron chi connectivity index (χ3n) is 3.70. The van der Waals surface area contributed by atoms with Gasteiger partial charge in [0.05, 0.1) is 0 Å². The highest BCUT2D eigenvalue weighted by Crippen LogP contribution is 2.54. The van der Waals surface area contributed by atoms with Crippen LogP contribution in [0.25, 0.3) is 0 Å². The maximum Gasteiger partial charge on any atom is 0.143 e. The van der Waals surface area contributed by atoms with Crippen LogP contribution in [0.3, 0.4) is 0 Å². The van der Waals surface area contributed by atoms with Gasteiger partial charge in [0.15, 0.2) is 0 Å². The van der Waals surface area contributed by atoms with Crippen LogP contribution in [-0.4, -0.2) is 11.2 Å². The van der Waals surface area contributed by atoms with Crippen molar-refractivity contribution in [3.63, 3.8) is 0 Å². The fourth-order valence-corrected chi connectivity index (χ4v) is 3.45. The van der Waals surface area contributed by atoms with E-state index in [0.29, 0.717) is 23.5 Å². The summed E-state index contributed by atoms with van der Waals surface area (Å²) in [5.74, 6) is 2.21. The molecular weight excluding hydrogens is 172 g/mol. The molecule has 2 fully saturated rings. The van der Waals surface area contributed by atoms with Crippen LogP contribution >= 0.6 is 11.6 Å². The molecule has 0 heterocycles. The second-order valence-electron chi connectivity index (χ2n) is 4.23. The SMILES string of the molecule is O=C1C2C=CC2C2CC(Cl)CC12. The number of carbonyl (C=O) groups excluding carboxylic acids is 1. The van der Waals surface area contributed by atoms with Crippen molar-refractivity contribution in [1.82, 2.24) is 0 Å². The highest BCUT2D eigenvalue weighted by Gasteiger charge is 2.54. The zero-order chi connectivity index (χ0) is 8.29. The molecule has 0 aromatic rings. The van der Waals surface area contributed by atoms with Gasteiger partial charge in [0.2, 0.25) is 0 Å². The topological polar surface area (TPSA) is 17.1 Å². The number of Topliss-reactive ketones (excluding diaryl/α,β-unsaturated/α-hetero) is 1. The molecule has 0 bridgehead atoms.